The molecule has 0 saturated heterocycles. The van der Waals surface area contributed by atoms with E-state index in [-0.39, 0.29) is 5.91 Å². The molecule has 0 aromatic carbocycles. The molecule has 5 heteroatoms. The number of carbonyl (C=O) groups is 1. The van der Waals surface area contributed by atoms with Gasteiger partial charge in [-0.25, -0.2) is 4.98 Å². The van der Waals surface area contributed by atoms with Crippen molar-refractivity contribution >= 4 is 23.1 Å². The van der Waals surface area contributed by atoms with Gasteiger partial charge in [0.15, 0.2) is 5.82 Å². The molecule has 76 valence electrons. The number of nitrogens with zero attached hydrogens (tertiary/aromatic N) is 2. The number of hydrogen-bond donors (Lipinski definition) is 1. The number of carbonyl (C=O) groups excluding carboxylic acids is 1. The summed E-state index contributed by atoms with van der Waals surface area (Å²) in [6.45, 7) is 0. The Morgan fingerprint density at radius 1 is 1.47 bits per heavy atom. The fourth-order valence-electron chi connectivity index (χ4n) is 1.13. The van der Waals surface area contributed by atoms with Crippen molar-refractivity contribution in [3.8, 4) is 0 Å². The van der Waals surface area contributed by atoms with Gasteiger partial charge in [0.25, 0.3) is 0 Å². The van der Waals surface area contributed by atoms with Crippen LogP contribution in [0, 0.1) is 0 Å². The maximum Gasteiger partial charge on any atom is 0.230 e. The van der Waals surface area contributed by atoms with Crippen LogP contribution in [0.4, 0.5) is 5.82 Å². The largest absolute Gasteiger partial charge is 0.309 e. The van der Waals surface area contributed by atoms with Crippen molar-refractivity contribution in [1.29, 1.82) is 0 Å². The highest BCUT2D eigenvalue weighted by atomic mass is 32.1. The summed E-state index contributed by atoms with van der Waals surface area (Å²) in [6.07, 6.45) is 5.00. The molecule has 1 N–H and O–H groups in total. The molecule has 0 atom stereocenters. The summed E-state index contributed by atoms with van der Waals surface area (Å²) in [4.78, 5) is 19.3. The number of nitrogens with one attached hydrogen (secondary N) is 1. The lowest BCUT2D eigenvalue weighted by Gasteiger charge is -2.01. The highest BCUT2D eigenvalue weighted by Gasteiger charge is 2.04. The Kier molecular flexibility index (Phi) is 3.04. The molecule has 2 aromatic rings. The molecular weight excluding hydrogens is 210 g/mol. The minimum Gasteiger partial charge on any atom is -0.309 e. The summed E-state index contributed by atoms with van der Waals surface area (Å²) in [5, 5.41) is 6.58. The van der Waals surface area contributed by atoms with Crippen LogP contribution in [0.2, 0.25) is 0 Å². The van der Waals surface area contributed by atoms with Gasteiger partial charge in [0, 0.05) is 12.4 Å². The molecule has 0 spiro atoms. The Labute approximate surface area is 91.0 Å². The fraction of sp³-hybridized carbons (Fsp3) is 0.100. The third-order valence-corrected chi connectivity index (χ3v) is 2.51. The number of aromatic nitrogens is 2. The average Bonchev–Trinajstić information content (AvgIpc) is 2.71. The normalized spacial score (nSPS) is 9.87. The SMILES string of the molecule is O=C(Cc1ccsc1)Nc1cnccn1. The van der Waals surface area contributed by atoms with Crippen LogP contribution in [-0.2, 0) is 11.2 Å². The molecule has 0 unspecified atom stereocenters. The van der Waals surface area contributed by atoms with Crippen LogP contribution in [0.15, 0.2) is 35.4 Å². The molecule has 0 fully saturated rings. The second-order valence-corrected chi connectivity index (χ2v) is 3.73. The Morgan fingerprint density at radius 2 is 2.40 bits per heavy atom. The molecule has 0 aliphatic heterocycles. The monoisotopic (exact) mass is 219 g/mol. The Hall–Kier alpha value is -1.75. The topological polar surface area (TPSA) is 54.9 Å². The van der Waals surface area contributed by atoms with Crippen molar-refractivity contribution in [3.63, 3.8) is 0 Å². The summed E-state index contributed by atoms with van der Waals surface area (Å²) in [5.41, 5.74) is 1.02. The third-order valence-electron chi connectivity index (χ3n) is 1.78. The van der Waals surface area contributed by atoms with Gasteiger partial charge >= 0.3 is 0 Å². The molecule has 0 radical (unpaired) electrons. The van der Waals surface area contributed by atoms with Gasteiger partial charge in [0.1, 0.15) is 0 Å². The standard InChI is InChI=1S/C10H9N3OS/c14-10(5-8-1-4-15-7-8)13-9-6-11-2-3-12-9/h1-4,6-7H,5H2,(H,12,13,14). The van der Waals surface area contributed by atoms with Crippen LogP contribution < -0.4 is 5.32 Å². The third kappa shape index (κ3) is 2.85. The highest BCUT2D eigenvalue weighted by molar-refractivity contribution is 7.08. The first-order chi connectivity index (χ1) is 7.34. The first-order valence-corrected chi connectivity index (χ1v) is 5.36. The molecule has 0 bridgehead atoms. The fourth-order valence-corrected chi connectivity index (χ4v) is 1.80. The van der Waals surface area contributed by atoms with E-state index in [0.717, 1.165) is 5.56 Å². The maximum absolute atomic E-state index is 11.5. The second-order valence-electron chi connectivity index (χ2n) is 2.95. The zero-order chi connectivity index (χ0) is 10.5. The number of amides is 1. The lowest BCUT2D eigenvalue weighted by atomic mass is 10.2. The van der Waals surface area contributed by atoms with Gasteiger partial charge < -0.3 is 5.32 Å². The van der Waals surface area contributed by atoms with Crippen LogP contribution in [0.1, 0.15) is 5.56 Å². The summed E-state index contributed by atoms with van der Waals surface area (Å²) < 4.78 is 0. The van der Waals surface area contributed by atoms with Gasteiger partial charge in [0.05, 0.1) is 12.6 Å². The van der Waals surface area contributed by atoms with E-state index in [9.17, 15) is 4.79 Å². The zero-order valence-corrected chi connectivity index (χ0v) is 8.70. The molecule has 2 rings (SSSR count). The zero-order valence-electron chi connectivity index (χ0n) is 7.88. The second kappa shape index (κ2) is 4.65. The summed E-state index contributed by atoms with van der Waals surface area (Å²) >= 11 is 1.58. The van der Waals surface area contributed by atoms with E-state index in [4.69, 9.17) is 0 Å². The quantitative estimate of drug-likeness (QED) is 0.855. The molecule has 0 saturated carbocycles. The lowest BCUT2D eigenvalue weighted by Crippen LogP contribution is -2.14. The van der Waals surface area contributed by atoms with Crippen molar-refractivity contribution in [3.05, 3.63) is 41.0 Å². The predicted molar refractivity (Wildman–Crippen MR) is 58.7 cm³/mol. The number of rotatable bonds is 3. The summed E-state index contributed by atoms with van der Waals surface area (Å²) in [6, 6.07) is 1.93. The van der Waals surface area contributed by atoms with E-state index in [2.05, 4.69) is 15.3 Å². The predicted octanol–water partition coefficient (Wildman–Crippen LogP) is 1.72. The van der Waals surface area contributed by atoms with Crippen molar-refractivity contribution in [2.24, 2.45) is 0 Å². The summed E-state index contributed by atoms with van der Waals surface area (Å²) in [5.74, 6) is 0.409. The van der Waals surface area contributed by atoms with E-state index in [1.54, 1.807) is 23.7 Å². The maximum atomic E-state index is 11.5. The van der Waals surface area contributed by atoms with E-state index in [1.165, 1.54) is 6.20 Å². The summed E-state index contributed by atoms with van der Waals surface area (Å²) in [7, 11) is 0. The Balaban J connectivity index is 1.94. The van der Waals surface area contributed by atoms with Crippen molar-refractivity contribution in [2.45, 2.75) is 6.42 Å². The van der Waals surface area contributed by atoms with Gasteiger partial charge in [-0.3, -0.25) is 9.78 Å². The minimum atomic E-state index is -0.0751. The van der Waals surface area contributed by atoms with E-state index < -0.39 is 0 Å². The Morgan fingerprint density at radius 3 is 3.07 bits per heavy atom. The highest BCUT2D eigenvalue weighted by Crippen LogP contribution is 2.07. The molecule has 0 aliphatic rings. The van der Waals surface area contributed by atoms with Crippen LogP contribution in [0.3, 0.4) is 0 Å². The van der Waals surface area contributed by atoms with Gasteiger partial charge in [-0.2, -0.15) is 11.3 Å². The van der Waals surface area contributed by atoms with Gasteiger partial charge in [-0.1, -0.05) is 0 Å². The van der Waals surface area contributed by atoms with E-state index in [1.807, 2.05) is 16.8 Å². The van der Waals surface area contributed by atoms with Crippen LogP contribution in [0.5, 0.6) is 0 Å². The molecule has 15 heavy (non-hydrogen) atoms. The van der Waals surface area contributed by atoms with Crippen LogP contribution in [0.25, 0.3) is 0 Å². The molecule has 2 heterocycles. The van der Waals surface area contributed by atoms with Gasteiger partial charge in [-0.05, 0) is 22.4 Å². The number of anilines is 1. The molecule has 4 nitrogen and oxygen atoms in total. The lowest BCUT2D eigenvalue weighted by molar-refractivity contribution is -0.115. The molecule has 1 amide bonds. The molecule has 0 aliphatic carbocycles. The average molecular weight is 219 g/mol. The molecule has 2 aromatic heterocycles. The van der Waals surface area contributed by atoms with Crippen molar-refractivity contribution in [2.75, 3.05) is 5.32 Å². The van der Waals surface area contributed by atoms with Gasteiger partial charge in [-0.15, -0.1) is 0 Å². The van der Waals surface area contributed by atoms with Crippen LogP contribution >= 0.6 is 11.3 Å². The smallest absolute Gasteiger partial charge is 0.230 e. The number of hydrogen-bond acceptors (Lipinski definition) is 4. The van der Waals surface area contributed by atoms with Crippen molar-refractivity contribution in [1.82, 2.24) is 9.97 Å². The van der Waals surface area contributed by atoms with E-state index >= 15 is 0 Å². The van der Waals surface area contributed by atoms with Gasteiger partial charge in [0.2, 0.25) is 5.91 Å². The Bertz CT molecular complexity index is 427. The first-order valence-electron chi connectivity index (χ1n) is 4.41. The first kappa shape index (κ1) is 9.79. The molecular formula is C10H9N3OS. The van der Waals surface area contributed by atoms with Crippen LogP contribution in [-0.4, -0.2) is 15.9 Å². The number of thiophene rings is 1. The van der Waals surface area contributed by atoms with Crippen molar-refractivity contribution < 1.29 is 4.79 Å². The minimum absolute atomic E-state index is 0.0751. The van der Waals surface area contributed by atoms with E-state index in [0.29, 0.717) is 12.2 Å².